The highest BCUT2D eigenvalue weighted by molar-refractivity contribution is 5.94. The van der Waals surface area contributed by atoms with Gasteiger partial charge in [-0.25, -0.2) is 9.97 Å². The van der Waals surface area contributed by atoms with Gasteiger partial charge in [-0.1, -0.05) is 0 Å². The number of methoxy groups -OCH3 is 1. The van der Waals surface area contributed by atoms with Crippen LogP contribution in [0.25, 0.3) is 22.2 Å². The van der Waals surface area contributed by atoms with Crippen molar-refractivity contribution in [1.82, 2.24) is 24.8 Å². The maximum absolute atomic E-state index is 12.7. The Hall–Kier alpha value is -3.98. The molecule has 0 radical (unpaired) electrons. The van der Waals surface area contributed by atoms with Gasteiger partial charge in [-0.2, -0.15) is 0 Å². The van der Waals surface area contributed by atoms with Crippen molar-refractivity contribution < 1.29 is 9.47 Å². The summed E-state index contributed by atoms with van der Waals surface area (Å²) in [4.78, 5) is 31.1. The highest BCUT2D eigenvalue weighted by atomic mass is 16.5. The normalized spacial score (nSPS) is 14.7. The van der Waals surface area contributed by atoms with Gasteiger partial charge >= 0.3 is 0 Å². The number of ether oxygens (including phenoxy) is 2. The van der Waals surface area contributed by atoms with Gasteiger partial charge in [-0.15, -0.1) is 0 Å². The maximum atomic E-state index is 12.7. The van der Waals surface area contributed by atoms with Crippen molar-refractivity contribution in [3.63, 3.8) is 0 Å². The summed E-state index contributed by atoms with van der Waals surface area (Å²) in [5.41, 5.74) is 2.73. The third kappa shape index (κ3) is 4.95. The van der Waals surface area contributed by atoms with Crippen molar-refractivity contribution in [3.8, 4) is 23.0 Å². The molecule has 180 valence electrons. The molecule has 1 aliphatic heterocycles. The number of likely N-dealkylation sites (tertiary alicyclic amines) is 1. The van der Waals surface area contributed by atoms with Gasteiger partial charge in [0.25, 0.3) is 5.56 Å². The van der Waals surface area contributed by atoms with Crippen molar-refractivity contribution in [2.75, 3.05) is 32.6 Å². The van der Waals surface area contributed by atoms with E-state index < -0.39 is 0 Å². The van der Waals surface area contributed by atoms with Gasteiger partial charge in [0.15, 0.2) is 0 Å². The zero-order valence-electron chi connectivity index (χ0n) is 20.0. The smallest absolute Gasteiger partial charge is 0.259 e. The van der Waals surface area contributed by atoms with E-state index in [1.54, 1.807) is 12.4 Å². The molecule has 0 unspecified atom stereocenters. The molecule has 9 nitrogen and oxygen atoms in total. The van der Waals surface area contributed by atoms with E-state index in [0.717, 1.165) is 48.3 Å². The fourth-order valence-corrected chi connectivity index (χ4v) is 4.28. The number of rotatable bonds is 6. The van der Waals surface area contributed by atoms with Gasteiger partial charge in [0.2, 0.25) is 5.88 Å². The number of benzene rings is 1. The molecule has 2 N–H and O–H groups in total. The Kier molecular flexibility index (Phi) is 6.33. The van der Waals surface area contributed by atoms with Crippen molar-refractivity contribution in [1.29, 1.82) is 0 Å². The molecule has 1 saturated heterocycles. The molecule has 0 aliphatic carbocycles. The molecule has 0 atom stereocenters. The summed E-state index contributed by atoms with van der Waals surface area (Å²) in [5, 5.41) is 4.54. The predicted octanol–water partition coefficient (Wildman–Crippen LogP) is 3.91. The second kappa shape index (κ2) is 9.71. The van der Waals surface area contributed by atoms with Crippen LogP contribution in [0.15, 0.2) is 53.7 Å². The summed E-state index contributed by atoms with van der Waals surface area (Å²) in [6.07, 6.45) is 7.05. The van der Waals surface area contributed by atoms with Crippen LogP contribution in [-0.4, -0.2) is 58.2 Å². The first kappa shape index (κ1) is 22.8. The Morgan fingerprint density at radius 3 is 2.69 bits per heavy atom. The molecular weight excluding hydrogens is 444 g/mol. The molecule has 4 heterocycles. The highest BCUT2D eigenvalue weighted by Crippen LogP contribution is 2.30. The SMILES string of the molecule is COc1cncc(-c2cc3cc[nH]c(=O)c3c(Nc3ccc(OC4CCN(C)CC4)c(C)c3)n2)n1. The molecule has 4 aromatic rings. The number of nitrogens with zero attached hydrogens (tertiary/aromatic N) is 4. The Balaban J connectivity index is 1.47. The third-order valence-electron chi connectivity index (χ3n) is 6.24. The van der Waals surface area contributed by atoms with Gasteiger partial charge in [0, 0.05) is 25.0 Å². The Labute approximate surface area is 203 Å². The molecule has 1 fully saturated rings. The van der Waals surface area contributed by atoms with Crippen LogP contribution < -0.4 is 20.3 Å². The first-order valence-electron chi connectivity index (χ1n) is 11.6. The van der Waals surface area contributed by atoms with Gasteiger partial charge in [0.1, 0.15) is 23.4 Å². The lowest BCUT2D eigenvalue weighted by atomic mass is 10.1. The number of H-pyrrole nitrogens is 1. The summed E-state index contributed by atoms with van der Waals surface area (Å²) in [6, 6.07) is 9.58. The third-order valence-corrected chi connectivity index (χ3v) is 6.24. The van der Waals surface area contributed by atoms with Gasteiger partial charge in [-0.3, -0.25) is 9.78 Å². The molecule has 5 rings (SSSR count). The average molecular weight is 473 g/mol. The topological polar surface area (TPSA) is 105 Å². The maximum Gasteiger partial charge on any atom is 0.259 e. The predicted molar refractivity (Wildman–Crippen MR) is 136 cm³/mol. The second-order valence-electron chi connectivity index (χ2n) is 8.80. The first-order valence-corrected chi connectivity index (χ1v) is 11.6. The van der Waals surface area contributed by atoms with Crippen LogP contribution in [0.5, 0.6) is 11.6 Å². The molecule has 9 heteroatoms. The van der Waals surface area contributed by atoms with E-state index in [4.69, 9.17) is 14.5 Å². The largest absolute Gasteiger partial charge is 0.490 e. The Morgan fingerprint density at radius 1 is 1.09 bits per heavy atom. The van der Waals surface area contributed by atoms with Gasteiger partial charge in [0.05, 0.1) is 30.6 Å². The molecular formula is C26H28N6O3. The van der Waals surface area contributed by atoms with Crippen LogP contribution in [0.1, 0.15) is 18.4 Å². The summed E-state index contributed by atoms with van der Waals surface area (Å²) >= 11 is 0. The summed E-state index contributed by atoms with van der Waals surface area (Å²) in [6.45, 7) is 4.12. The summed E-state index contributed by atoms with van der Waals surface area (Å²) in [5.74, 6) is 1.70. The minimum absolute atomic E-state index is 0.222. The Bertz CT molecular complexity index is 1410. The number of aromatic nitrogens is 4. The lowest BCUT2D eigenvalue weighted by molar-refractivity contribution is 0.113. The number of piperidine rings is 1. The van der Waals surface area contributed by atoms with Crippen LogP contribution in [0.3, 0.4) is 0 Å². The fourth-order valence-electron chi connectivity index (χ4n) is 4.28. The number of fused-ring (bicyclic) bond motifs is 1. The van der Waals surface area contributed by atoms with Crippen LogP contribution in [0.4, 0.5) is 11.5 Å². The molecule has 1 aliphatic rings. The van der Waals surface area contributed by atoms with Crippen LogP contribution in [-0.2, 0) is 0 Å². The zero-order chi connectivity index (χ0) is 24.4. The van der Waals surface area contributed by atoms with Gasteiger partial charge < -0.3 is 24.7 Å². The van der Waals surface area contributed by atoms with Crippen LogP contribution in [0, 0.1) is 6.92 Å². The summed E-state index contributed by atoms with van der Waals surface area (Å²) < 4.78 is 11.5. The van der Waals surface area contributed by atoms with E-state index >= 15 is 0 Å². The number of nitrogens with one attached hydrogen (secondary N) is 2. The van der Waals surface area contributed by atoms with Crippen LogP contribution >= 0.6 is 0 Å². The monoisotopic (exact) mass is 472 g/mol. The van der Waals surface area contributed by atoms with E-state index in [2.05, 4.69) is 32.2 Å². The molecule has 1 aromatic carbocycles. The lowest BCUT2D eigenvalue weighted by Gasteiger charge is -2.29. The van der Waals surface area contributed by atoms with E-state index in [1.807, 2.05) is 37.3 Å². The van der Waals surface area contributed by atoms with E-state index in [9.17, 15) is 4.79 Å². The lowest BCUT2D eigenvalue weighted by Crippen LogP contribution is -2.35. The average Bonchev–Trinajstić information content (AvgIpc) is 2.87. The quantitative estimate of drug-likeness (QED) is 0.435. The highest BCUT2D eigenvalue weighted by Gasteiger charge is 2.19. The van der Waals surface area contributed by atoms with E-state index in [0.29, 0.717) is 28.5 Å². The molecule has 0 amide bonds. The molecule has 0 spiro atoms. The number of hydrogen-bond acceptors (Lipinski definition) is 8. The fraction of sp³-hybridized carbons (Fsp3) is 0.308. The van der Waals surface area contributed by atoms with E-state index in [-0.39, 0.29) is 11.7 Å². The van der Waals surface area contributed by atoms with Crippen molar-refractivity contribution >= 4 is 22.3 Å². The minimum atomic E-state index is -0.222. The number of anilines is 2. The van der Waals surface area contributed by atoms with Crippen LogP contribution in [0.2, 0.25) is 0 Å². The molecule has 0 bridgehead atoms. The van der Waals surface area contributed by atoms with Crippen molar-refractivity contribution in [3.05, 3.63) is 64.8 Å². The first-order chi connectivity index (χ1) is 17.0. The van der Waals surface area contributed by atoms with Crippen molar-refractivity contribution in [2.24, 2.45) is 0 Å². The number of aryl methyl sites for hydroxylation is 1. The van der Waals surface area contributed by atoms with Crippen molar-refractivity contribution in [2.45, 2.75) is 25.9 Å². The number of pyridine rings is 2. The summed E-state index contributed by atoms with van der Waals surface area (Å²) in [7, 11) is 3.68. The van der Waals surface area contributed by atoms with Gasteiger partial charge in [-0.05, 0) is 68.1 Å². The number of aromatic amines is 1. The molecule has 3 aromatic heterocycles. The minimum Gasteiger partial charge on any atom is -0.490 e. The standard InChI is InChI=1S/C26H28N6O3/c1-16-12-18(4-5-22(16)35-19-7-10-32(2)11-8-19)29-25-24-17(6-9-28-26(24)33)13-20(31-25)21-14-27-15-23(30-21)34-3/h4-6,9,12-15,19H,7-8,10-11H2,1-3H3,(H,28,33)(H,29,31). The second-order valence-corrected chi connectivity index (χ2v) is 8.80. The molecule has 35 heavy (non-hydrogen) atoms. The Morgan fingerprint density at radius 2 is 1.91 bits per heavy atom. The van der Waals surface area contributed by atoms with E-state index in [1.165, 1.54) is 13.3 Å². The zero-order valence-corrected chi connectivity index (χ0v) is 20.0. The number of hydrogen-bond donors (Lipinski definition) is 2. The molecule has 0 saturated carbocycles.